The summed E-state index contributed by atoms with van der Waals surface area (Å²) in [5.41, 5.74) is 0.436. The quantitative estimate of drug-likeness (QED) is 0.357. The summed E-state index contributed by atoms with van der Waals surface area (Å²) >= 11 is 0. The molecule has 3 amide bonds. The summed E-state index contributed by atoms with van der Waals surface area (Å²) in [6.07, 6.45) is 5.45. The first-order chi connectivity index (χ1) is 22.2. The topological polar surface area (TPSA) is 103 Å². The molecule has 3 aliphatic rings. The van der Waals surface area contributed by atoms with Crippen molar-refractivity contribution >= 4 is 23.7 Å². The molecule has 1 N–H and O–H groups in total. The zero-order chi connectivity index (χ0) is 34.5. The first-order valence-corrected chi connectivity index (χ1v) is 17.8. The zero-order valence-corrected chi connectivity index (χ0v) is 30.0. The number of likely N-dealkylation sites (N-methyl/N-ethyl adjacent to an activating group) is 2. The molecular weight excluding hydrogens is 594 g/mol. The van der Waals surface area contributed by atoms with Gasteiger partial charge in [0.15, 0.2) is 0 Å². The van der Waals surface area contributed by atoms with Crippen molar-refractivity contribution in [3.8, 4) is 0 Å². The van der Waals surface area contributed by atoms with Crippen molar-refractivity contribution in [2.24, 2.45) is 11.3 Å². The van der Waals surface area contributed by atoms with E-state index < -0.39 is 23.6 Å². The predicted octanol–water partition coefficient (Wildman–Crippen LogP) is 4.24. The molecule has 0 radical (unpaired) electrons. The molecule has 1 unspecified atom stereocenters. The number of nitrogens with one attached hydrogen (secondary N) is 1. The second-order valence-corrected chi connectivity index (χ2v) is 15.4. The average Bonchev–Trinajstić information content (AvgIpc) is 3.72. The Balaban J connectivity index is 1.43. The van der Waals surface area contributed by atoms with Crippen LogP contribution in [0.25, 0.3) is 0 Å². The van der Waals surface area contributed by atoms with E-state index in [1.807, 2.05) is 72.1 Å². The highest BCUT2D eigenvalue weighted by molar-refractivity contribution is 5.91. The summed E-state index contributed by atoms with van der Waals surface area (Å²) < 4.78 is 5.84. The molecule has 0 aliphatic carbocycles. The number of hydrogen-bond donors (Lipinski definition) is 1. The zero-order valence-electron chi connectivity index (χ0n) is 30.0. The van der Waals surface area contributed by atoms with Gasteiger partial charge in [0.05, 0.1) is 12.1 Å². The molecule has 262 valence electrons. The summed E-state index contributed by atoms with van der Waals surface area (Å²) in [6.45, 7) is 14.8. The molecule has 3 fully saturated rings. The normalized spacial score (nSPS) is 24.5. The molecule has 10 nitrogen and oxygen atoms in total. The minimum absolute atomic E-state index is 0.0257. The Labute approximate surface area is 282 Å². The first-order valence-electron chi connectivity index (χ1n) is 17.8. The van der Waals surface area contributed by atoms with Gasteiger partial charge in [-0.2, -0.15) is 0 Å². The molecule has 3 heterocycles. The number of benzene rings is 1. The van der Waals surface area contributed by atoms with Crippen molar-refractivity contribution in [2.45, 2.75) is 123 Å². The lowest BCUT2D eigenvalue weighted by molar-refractivity contribution is -0.159. The van der Waals surface area contributed by atoms with Crippen LogP contribution in [0, 0.1) is 11.3 Å². The highest BCUT2D eigenvalue weighted by Gasteiger charge is 2.44. The first kappa shape index (κ1) is 36.8. The van der Waals surface area contributed by atoms with Crippen molar-refractivity contribution in [3.63, 3.8) is 0 Å². The Morgan fingerprint density at radius 1 is 0.894 bits per heavy atom. The van der Waals surface area contributed by atoms with Crippen LogP contribution in [0.5, 0.6) is 0 Å². The molecule has 1 aromatic rings. The van der Waals surface area contributed by atoms with Crippen LogP contribution in [0.2, 0.25) is 0 Å². The number of esters is 1. The Hall–Kier alpha value is -2.98. The molecule has 6 atom stereocenters. The standard InChI is InChI=1S/C37H59N5O5/c1-25(2)31(40(8)35(45)32(37(4,5)6)38-33(43)28-18-12-13-21-39(28)7)24-41-22-14-19-29(41)34(44)42-23-15-20-30(42)36(46)47-26(3)27-16-10-9-11-17-27/h9-11,16-17,25-26,28-32H,12-15,18-24H2,1-8H3,(H,38,43)/t26-,28?,29+,30+,31-,32-/m1/s1. The van der Waals surface area contributed by atoms with Gasteiger partial charge in [-0.3, -0.25) is 24.2 Å². The van der Waals surface area contributed by atoms with Gasteiger partial charge in [0, 0.05) is 26.2 Å². The summed E-state index contributed by atoms with van der Waals surface area (Å²) in [6, 6.07) is 7.64. The van der Waals surface area contributed by atoms with Gasteiger partial charge in [0.25, 0.3) is 0 Å². The maximum Gasteiger partial charge on any atom is 0.329 e. The van der Waals surface area contributed by atoms with E-state index in [9.17, 15) is 19.2 Å². The van der Waals surface area contributed by atoms with Crippen molar-refractivity contribution in [1.82, 2.24) is 24.9 Å². The fourth-order valence-electron chi connectivity index (χ4n) is 7.52. The SMILES string of the molecule is CC(C)[C@@H](CN1CCC[C@H]1C(=O)N1CCC[C@H]1C(=O)O[C@H](C)c1ccccc1)N(C)C(=O)[C@@H](NC(=O)C1CCCCN1C)C(C)(C)C. The van der Waals surface area contributed by atoms with Crippen LogP contribution < -0.4 is 5.32 Å². The van der Waals surface area contributed by atoms with Gasteiger partial charge in [-0.1, -0.05) is 71.4 Å². The number of piperidine rings is 1. The van der Waals surface area contributed by atoms with E-state index in [0.717, 1.165) is 57.2 Å². The summed E-state index contributed by atoms with van der Waals surface area (Å²) in [5, 5.41) is 3.14. The third kappa shape index (κ3) is 8.93. The number of hydrogen-bond acceptors (Lipinski definition) is 7. The molecule has 47 heavy (non-hydrogen) atoms. The maximum absolute atomic E-state index is 14.2. The lowest BCUT2D eigenvalue weighted by Gasteiger charge is -2.41. The van der Waals surface area contributed by atoms with E-state index >= 15 is 0 Å². The summed E-state index contributed by atoms with van der Waals surface area (Å²) in [4.78, 5) is 62.8. The number of amides is 3. The average molecular weight is 654 g/mol. The Morgan fingerprint density at radius 2 is 1.53 bits per heavy atom. The Kier molecular flexibility index (Phi) is 12.5. The van der Waals surface area contributed by atoms with Crippen LogP contribution in [-0.2, 0) is 23.9 Å². The fraction of sp³-hybridized carbons (Fsp3) is 0.730. The van der Waals surface area contributed by atoms with Gasteiger partial charge in [-0.15, -0.1) is 0 Å². The number of nitrogens with zero attached hydrogens (tertiary/aromatic N) is 4. The van der Waals surface area contributed by atoms with Crippen LogP contribution in [-0.4, -0.2) is 114 Å². The lowest BCUT2D eigenvalue weighted by atomic mass is 9.84. The molecular formula is C37H59N5O5. The number of rotatable bonds is 11. The van der Waals surface area contributed by atoms with E-state index in [-0.39, 0.29) is 47.7 Å². The Morgan fingerprint density at radius 3 is 2.17 bits per heavy atom. The van der Waals surface area contributed by atoms with Crippen LogP contribution >= 0.6 is 0 Å². The third-order valence-corrected chi connectivity index (χ3v) is 10.5. The predicted molar refractivity (Wildman–Crippen MR) is 183 cm³/mol. The minimum Gasteiger partial charge on any atom is -0.456 e. The fourth-order valence-corrected chi connectivity index (χ4v) is 7.52. The number of ether oxygens (including phenoxy) is 1. The van der Waals surface area contributed by atoms with Crippen LogP contribution in [0.3, 0.4) is 0 Å². The minimum atomic E-state index is -0.678. The smallest absolute Gasteiger partial charge is 0.329 e. The van der Waals surface area contributed by atoms with Gasteiger partial charge in [-0.25, -0.2) is 4.79 Å². The monoisotopic (exact) mass is 653 g/mol. The van der Waals surface area contributed by atoms with Crippen LogP contribution in [0.1, 0.15) is 98.2 Å². The number of carbonyl (C=O) groups is 4. The third-order valence-electron chi connectivity index (χ3n) is 10.5. The van der Waals surface area contributed by atoms with Crippen molar-refractivity contribution in [1.29, 1.82) is 0 Å². The van der Waals surface area contributed by atoms with Crippen molar-refractivity contribution in [2.75, 3.05) is 40.3 Å². The van der Waals surface area contributed by atoms with E-state index in [1.54, 1.807) is 9.80 Å². The molecule has 0 bridgehead atoms. The Bertz CT molecular complexity index is 1230. The summed E-state index contributed by atoms with van der Waals surface area (Å²) in [7, 11) is 3.81. The molecule has 4 rings (SSSR count). The van der Waals surface area contributed by atoms with Crippen LogP contribution in [0.4, 0.5) is 0 Å². The van der Waals surface area contributed by atoms with E-state index in [0.29, 0.717) is 19.5 Å². The van der Waals surface area contributed by atoms with Crippen molar-refractivity contribution in [3.05, 3.63) is 35.9 Å². The van der Waals surface area contributed by atoms with Gasteiger partial charge in [-0.05, 0) is 82.5 Å². The second-order valence-electron chi connectivity index (χ2n) is 15.4. The highest BCUT2D eigenvalue weighted by atomic mass is 16.5. The number of likely N-dealkylation sites (tertiary alicyclic amines) is 3. The molecule has 0 saturated carbocycles. The van der Waals surface area contributed by atoms with Crippen LogP contribution in [0.15, 0.2) is 30.3 Å². The molecule has 3 aliphatic heterocycles. The van der Waals surface area contributed by atoms with E-state index in [2.05, 4.69) is 29.0 Å². The number of carbonyl (C=O) groups excluding carboxylic acids is 4. The molecule has 3 saturated heterocycles. The maximum atomic E-state index is 14.2. The summed E-state index contributed by atoms with van der Waals surface area (Å²) in [5.74, 6) is -0.453. The highest BCUT2D eigenvalue weighted by Crippen LogP contribution is 2.29. The molecule has 0 spiro atoms. The van der Waals surface area contributed by atoms with Crippen molar-refractivity contribution < 1.29 is 23.9 Å². The van der Waals surface area contributed by atoms with Gasteiger partial charge >= 0.3 is 5.97 Å². The molecule has 1 aromatic carbocycles. The second kappa shape index (κ2) is 15.9. The largest absolute Gasteiger partial charge is 0.456 e. The van der Waals surface area contributed by atoms with Gasteiger partial charge in [0.1, 0.15) is 18.2 Å². The van der Waals surface area contributed by atoms with Gasteiger partial charge < -0.3 is 19.9 Å². The van der Waals surface area contributed by atoms with E-state index in [1.165, 1.54) is 0 Å². The molecule has 0 aromatic heterocycles. The van der Waals surface area contributed by atoms with Gasteiger partial charge in [0.2, 0.25) is 17.7 Å². The van der Waals surface area contributed by atoms with E-state index in [4.69, 9.17) is 4.74 Å². The lowest BCUT2D eigenvalue weighted by Crippen LogP contribution is -2.61. The molecule has 10 heteroatoms.